The number of carbonyl (C=O) groups excluding carboxylic acids is 1. The van der Waals surface area contributed by atoms with Gasteiger partial charge in [0.25, 0.3) is 0 Å². The topological polar surface area (TPSA) is 65.1 Å². The summed E-state index contributed by atoms with van der Waals surface area (Å²) in [5.41, 5.74) is 1.79. The minimum Gasteiger partial charge on any atom is -0.506 e. The molecule has 15 heavy (non-hydrogen) atoms. The molecule has 0 saturated carbocycles. The quantitative estimate of drug-likeness (QED) is 0.662. The third kappa shape index (κ3) is 1.83. The summed E-state index contributed by atoms with van der Waals surface area (Å²) in [4.78, 5) is 12.9. The zero-order valence-electron chi connectivity index (χ0n) is 7.90. The number of aromatic nitrogens is 1. The van der Waals surface area contributed by atoms with Crippen LogP contribution in [0.4, 0.5) is 0 Å². The fourth-order valence-corrected chi connectivity index (χ4v) is 1.41. The van der Waals surface area contributed by atoms with Gasteiger partial charge >= 0.3 is 0 Å². The highest BCUT2D eigenvalue weighted by atomic mass is 16.3. The molecule has 0 aliphatic carbocycles. The van der Waals surface area contributed by atoms with Crippen molar-refractivity contribution in [3.8, 4) is 5.75 Å². The highest BCUT2D eigenvalue weighted by Gasteiger charge is 2.00. The highest BCUT2D eigenvalue weighted by Crippen LogP contribution is 2.25. The Morgan fingerprint density at radius 2 is 2.27 bits per heavy atom. The van der Waals surface area contributed by atoms with Crippen molar-refractivity contribution in [1.29, 1.82) is 0 Å². The maximum Gasteiger partial charge on any atom is 0.211 e. The van der Waals surface area contributed by atoms with Gasteiger partial charge in [0.05, 0.1) is 0 Å². The molecule has 0 bridgehead atoms. The Hall–Kier alpha value is -2.23. The maximum absolute atomic E-state index is 10.0. The van der Waals surface area contributed by atoms with Crippen LogP contribution in [0.3, 0.4) is 0 Å². The first-order valence-corrected chi connectivity index (χ1v) is 4.47. The van der Waals surface area contributed by atoms with E-state index in [1.165, 1.54) is 6.20 Å². The van der Waals surface area contributed by atoms with E-state index >= 15 is 0 Å². The Morgan fingerprint density at radius 3 is 3.07 bits per heavy atom. The first-order valence-electron chi connectivity index (χ1n) is 4.47. The summed E-state index contributed by atoms with van der Waals surface area (Å²) in [7, 11) is 0. The van der Waals surface area contributed by atoms with Gasteiger partial charge in [-0.25, -0.2) is 0 Å². The van der Waals surface area contributed by atoms with Crippen LogP contribution in [0.2, 0.25) is 0 Å². The monoisotopic (exact) mass is 202 g/mol. The van der Waals surface area contributed by atoms with Crippen LogP contribution in [0.5, 0.6) is 5.75 Å². The van der Waals surface area contributed by atoms with Gasteiger partial charge in [0.15, 0.2) is 0 Å². The van der Waals surface area contributed by atoms with Crippen LogP contribution in [0.1, 0.15) is 5.56 Å². The van der Waals surface area contributed by atoms with Crippen molar-refractivity contribution in [2.45, 2.75) is 0 Å². The lowest BCUT2D eigenvalue weighted by Crippen LogP contribution is -1.97. The average Bonchev–Trinajstić information content (AvgIpc) is 2.61. The van der Waals surface area contributed by atoms with E-state index in [0.29, 0.717) is 6.41 Å². The molecule has 2 aromatic rings. The zero-order valence-corrected chi connectivity index (χ0v) is 7.90. The van der Waals surface area contributed by atoms with Gasteiger partial charge in [-0.15, -0.1) is 0 Å². The van der Waals surface area contributed by atoms with Crippen molar-refractivity contribution in [2.75, 3.05) is 0 Å². The standard InChI is InChI=1S/C11H10N2O2/c14-7-12-4-3-8-1-2-10-9(5-8)11(15)6-13-10/h1-7,13,15H,(H,12,14)/b4-3+. The van der Waals surface area contributed by atoms with E-state index in [2.05, 4.69) is 10.3 Å². The predicted molar refractivity (Wildman–Crippen MR) is 58.2 cm³/mol. The molecule has 0 radical (unpaired) electrons. The van der Waals surface area contributed by atoms with E-state index in [1.54, 1.807) is 12.3 Å². The Balaban J connectivity index is 2.37. The molecule has 1 aromatic carbocycles. The molecule has 1 heterocycles. The second-order valence-corrected chi connectivity index (χ2v) is 3.10. The number of hydrogen-bond donors (Lipinski definition) is 3. The minimum absolute atomic E-state index is 0.226. The molecule has 0 saturated heterocycles. The molecular formula is C11H10N2O2. The zero-order chi connectivity index (χ0) is 10.7. The number of H-pyrrole nitrogens is 1. The number of amides is 1. The third-order valence-electron chi connectivity index (χ3n) is 2.12. The van der Waals surface area contributed by atoms with E-state index in [4.69, 9.17) is 0 Å². The predicted octanol–water partition coefficient (Wildman–Crippen LogP) is 1.59. The van der Waals surface area contributed by atoms with Crippen LogP contribution < -0.4 is 5.32 Å². The fourth-order valence-electron chi connectivity index (χ4n) is 1.41. The molecule has 0 spiro atoms. The number of carbonyl (C=O) groups is 1. The second kappa shape index (κ2) is 3.88. The first-order chi connectivity index (χ1) is 7.31. The molecule has 4 heteroatoms. The van der Waals surface area contributed by atoms with Crippen molar-refractivity contribution in [3.05, 3.63) is 36.2 Å². The lowest BCUT2D eigenvalue weighted by Gasteiger charge is -1.95. The van der Waals surface area contributed by atoms with E-state index in [0.717, 1.165) is 16.5 Å². The molecule has 0 atom stereocenters. The van der Waals surface area contributed by atoms with Crippen molar-refractivity contribution in [3.63, 3.8) is 0 Å². The summed E-state index contributed by atoms with van der Waals surface area (Å²) >= 11 is 0. The number of aromatic hydroxyl groups is 1. The molecular weight excluding hydrogens is 192 g/mol. The summed E-state index contributed by atoms with van der Waals surface area (Å²) in [5, 5.41) is 12.7. The summed E-state index contributed by atoms with van der Waals surface area (Å²) in [5.74, 6) is 0.226. The second-order valence-electron chi connectivity index (χ2n) is 3.10. The van der Waals surface area contributed by atoms with Crippen molar-refractivity contribution < 1.29 is 9.90 Å². The molecule has 0 unspecified atom stereocenters. The van der Waals surface area contributed by atoms with E-state index in [9.17, 15) is 9.90 Å². The number of hydrogen-bond acceptors (Lipinski definition) is 2. The Bertz CT molecular complexity index is 514. The van der Waals surface area contributed by atoms with Gasteiger partial charge in [0.1, 0.15) is 5.75 Å². The van der Waals surface area contributed by atoms with Gasteiger partial charge in [0, 0.05) is 23.3 Å². The number of nitrogens with one attached hydrogen (secondary N) is 2. The fraction of sp³-hybridized carbons (Fsp3) is 0. The number of benzene rings is 1. The normalized spacial score (nSPS) is 10.9. The van der Waals surface area contributed by atoms with Crippen LogP contribution in [0.15, 0.2) is 30.6 Å². The highest BCUT2D eigenvalue weighted by molar-refractivity contribution is 5.87. The Morgan fingerprint density at radius 1 is 1.40 bits per heavy atom. The summed E-state index contributed by atoms with van der Waals surface area (Å²) in [6, 6.07) is 5.60. The molecule has 1 aromatic heterocycles. The van der Waals surface area contributed by atoms with Crippen molar-refractivity contribution in [2.24, 2.45) is 0 Å². The van der Waals surface area contributed by atoms with Crippen LogP contribution in [-0.2, 0) is 4.79 Å². The molecule has 4 nitrogen and oxygen atoms in total. The smallest absolute Gasteiger partial charge is 0.211 e. The van der Waals surface area contributed by atoms with Crippen molar-refractivity contribution >= 4 is 23.4 Å². The largest absolute Gasteiger partial charge is 0.506 e. The summed E-state index contributed by atoms with van der Waals surface area (Å²) < 4.78 is 0. The van der Waals surface area contributed by atoms with Crippen LogP contribution in [0.25, 0.3) is 17.0 Å². The number of rotatable bonds is 3. The Kier molecular flexibility index (Phi) is 2.41. The SMILES string of the molecule is O=CN/C=C/c1ccc2[nH]cc(O)c2c1. The van der Waals surface area contributed by atoms with Gasteiger partial charge in [-0.3, -0.25) is 4.79 Å². The molecule has 0 aliphatic heterocycles. The maximum atomic E-state index is 10.0. The van der Waals surface area contributed by atoms with Gasteiger partial charge < -0.3 is 15.4 Å². The molecule has 2 rings (SSSR count). The summed E-state index contributed by atoms with van der Waals surface area (Å²) in [6.45, 7) is 0. The van der Waals surface area contributed by atoms with Gasteiger partial charge in [-0.2, -0.15) is 0 Å². The van der Waals surface area contributed by atoms with Crippen LogP contribution in [-0.4, -0.2) is 16.5 Å². The van der Waals surface area contributed by atoms with Crippen molar-refractivity contribution in [1.82, 2.24) is 10.3 Å². The molecule has 0 fully saturated rings. The molecule has 76 valence electrons. The van der Waals surface area contributed by atoms with E-state index < -0.39 is 0 Å². The first kappa shape index (κ1) is 9.33. The lowest BCUT2D eigenvalue weighted by molar-refractivity contribution is -0.108. The summed E-state index contributed by atoms with van der Waals surface area (Å²) in [6.07, 6.45) is 5.43. The molecule has 3 N–H and O–H groups in total. The van der Waals surface area contributed by atoms with Crippen LogP contribution >= 0.6 is 0 Å². The Labute approximate surface area is 86.2 Å². The number of aromatic amines is 1. The van der Waals surface area contributed by atoms with E-state index in [-0.39, 0.29) is 5.75 Å². The molecule has 0 aliphatic rings. The van der Waals surface area contributed by atoms with Gasteiger partial charge in [0.2, 0.25) is 6.41 Å². The van der Waals surface area contributed by atoms with Gasteiger partial charge in [-0.1, -0.05) is 6.07 Å². The third-order valence-corrected chi connectivity index (χ3v) is 2.12. The minimum atomic E-state index is 0.226. The van der Waals surface area contributed by atoms with Crippen LogP contribution in [0, 0.1) is 0 Å². The van der Waals surface area contributed by atoms with E-state index in [1.807, 2.05) is 18.2 Å². The van der Waals surface area contributed by atoms with Gasteiger partial charge in [-0.05, 0) is 23.8 Å². The lowest BCUT2D eigenvalue weighted by atomic mass is 10.1. The average molecular weight is 202 g/mol. The molecule has 1 amide bonds. The number of fused-ring (bicyclic) bond motifs is 1.